The molecule has 1 aliphatic heterocycles. The summed E-state index contributed by atoms with van der Waals surface area (Å²) in [5, 5.41) is 6.42. The normalized spacial score (nSPS) is 15.9. The Hall–Kier alpha value is -1.95. The van der Waals surface area contributed by atoms with Gasteiger partial charge >= 0.3 is 0 Å². The lowest BCUT2D eigenvalue weighted by molar-refractivity contribution is 0.0937. The van der Waals surface area contributed by atoms with Gasteiger partial charge in [0, 0.05) is 23.4 Å². The second-order valence-electron chi connectivity index (χ2n) is 7.02. The third-order valence-electron chi connectivity index (χ3n) is 5.15. The summed E-state index contributed by atoms with van der Waals surface area (Å²) in [5.74, 6) is 0.452. The number of aromatic nitrogens is 1. The first-order chi connectivity index (χ1) is 13.2. The maximum atomic E-state index is 12.7. The third-order valence-corrected chi connectivity index (χ3v) is 6.20. The fraction of sp³-hybridized carbons (Fsp3) is 0.333. The van der Waals surface area contributed by atoms with Gasteiger partial charge in [0.25, 0.3) is 5.91 Å². The number of amides is 1. The van der Waals surface area contributed by atoms with E-state index in [-0.39, 0.29) is 5.91 Å². The quantitative estimate of drug-likeness (QED) is 0.638. The van der Waals surface area contributed by atoms with Crippen LogP contribution in [-0.2, 0) is 6.54 Å². The molecule has 0 aliphatic carbocycles. The first kappa shape index (κ1) is 18.4. The molecular formula is C21H22ClN3OS. The van der Waals surface area contributed by atoms with Crippen molar-refractivity contribution in [2.75, 3.05) is 19.6 Å². The van der Waals surface area contributed by atoms with Gasteiger partial charge in [-0.25, -0.2) is 4.98 Å². The predicted molar refractivity (Wildman–Crippen MR) is 111 cm³/mol. The fourth-order valence-corrected chi connectivity index (χ4v) is 4.58. The summed E-state index contributed by atoms with van der Waals surface area (Å²) in [5.41, 5.74) is 1.35. The van der Waals surface area contributed by atoms with E-state index in [1.807, 2.05) is 35.6 Å². The smallest absolute Gasteiger partial charge is 0.252 e. The zero-order valence-corrected chi connectivity index (χ0v) is 16.6. The van der Waals surface area contributed by atoms with E-state index >= 15 is 0 Å². The molecule has 0 radical (unpaired) electrons. The molecular weight excluding hydrogens is 378 g/mol. The number of para-hydroxylation sites is 1. The van der Waals surface area contributed by atoms with Crippen LogP contribution in [-0.4, -0.2) is 35.4 Å². The van der Waals surface area contributed by atoms with Crippen LogP contribution in [0.4, 0.5) is 0 Å². The number of piperidine rings is 1. The fourth-order valence-electron chi connectivity index (χ4n) is 3.63. The Kier molecular flexibility index (Phi) is 5.72. The highest BCUT2D eigenvalue weighted by Crippen LogP contribution is 2.22. The van der Waals surface area contributed by atoms with Crippen LogP contribution in [0.3, 0.4) is 0 Å². The van der Waals surface area contributed by atoms with Gasteiger partial charge in [-0.1, -0.05) is 35.9 Å². The lowest BCUT2D eigenvalue weighted by atomic mass is 9.96. The van der Waals surface area contributed by atoms with E-state index in [0.717, 1.165) is 43.4 Å². The molecule has 1 aromatic carbocycles. The molecule has 0 saturated carbocycles. The van der Waals surface area contributed by atoms with Crippen molar-refractivity contribution in [1.82, 2.24) is 15.2 Å². The van der Waals surface area contributed by atoms with Crippen molar-refractivity contribution in [2.45, 2.75) is 19.4 Å². The van der Waals surface area contributed by atoms with Gasteiger partial charge in [-0.05, 0) is 55.4 Å². The van der Waals surface area contributed by atoms with Gasteiger partial charge in [0.05, 0.1) is 11.1 Å². The van der Waals surface area contributed by atoms with Crippen molar-refractivity contribution in [1.29, 1.82) is 0 Å². The highest BCUT2D eigenvalue weighted by molar-refractivity contribution is 7.09. The van der Waals surface area contributed by atoms with E-state index in [9.17, 15) is 4.79 Å². The van der Waals surface area contributed by atoms with Gasteiger partial charge in [0.2, 0.25) is 0 Å². The van der Waals surface area contributed by atoms with E-state index in [4.69, 9.17) is 11.6 Å². The van der Waals surface area contributed by atoms with Crippen molar-refractivity contribution < 1.29 is 4.79 Å². The average Bonchev–Trinajstić information content (AvgIpc) is 3.19. The molecule has 140 valence electrons. The Balaban J connectivity index is 1.33. The lowest BCUT2D eigenvalue weighted by Gasteiger charge is -2.31. The van der Waals surface area contributed by atoms with E-state index in [1.54, 1.807) is 6.07 Å². The number of hydrogen-bond donors (Lipinski definition) is 1. The summed E-state index contributed by atoms with van der Waals surface area (Å²) in [6.45, 7) is 3.92. The summed E-state index contributed by atoms with van der Waals surface area (Å²) >= 11 is 7.91. The molecule has 1 aliphatic rings. The van der Waals surface area contributed by atoms with Crippen LogP contribution in [0, 0.1) is 5.92 Å². The molecule has 1 N–H and O–H groups in total. The summed E-state index contributed by atoms with van der Waals surface area (Å²) < 4.78 is 0. The third kappa shape index (κ3) is 4.49. The van der Waals surface area contributed by atoms with Gasteiger partial charge in [0.15, 0.2) is 0 Å². The van der Waals surface area contributed by atoms with Gasteiger partial charge in [0.1, 0.15) is 5.15 Å². The Labute approximate surface area is 168 Å². The Bertz CT molecular complexity index is 920. The number of hydrogen-bond acceptors (Lipinski definition) is 4. The molecule has 4 nitrogen and oxygen atoms in total. The molecule has 0 bridgehead atoms. The minimum Gasteiger partial charge on any atom is -0.352 e. The molecule has 3 heterocycles. The SMILES string of the molecule is O=C(NCC1CCN(Cc2cccs2)CC1)c1cc(Cl)nc2ccccc12. The number of carbonyl (C=O) groups excluding carboxylic acids is 1. The molecule has 1 saturated heterocycles. The van der Waals surface area contributed by atoms with Crippen molar-refractivity contribution in [2.24, 2.45) is 5.92 Å². The number of benzene rings is 1. The van der Waals surface area contributed by atoms with Crippen LogP contribution < -0.4 is 5.32 Å². The predicted octanol–water partition coefficient (Wildman–Crippen LogP) is 4.59. The average molecular weight is 400 g/mol. The second-order valence-corrected chi connectivity index (χ2v) is 8.44. The van der Waals surface area contributed by atoms with Gasteiger partial charge in [-0.3, -0.25) is 9.69 Å². The lowest BCUT2D eigenvalue weighted by Crippen LogP contribution is -2.38. The second kappa shape index (κ2) is 8.38. The highest BCUT2D eigenvalue weighted by atomic mass is 35.5. The summed E-state index contributed by atoms with van der Waals surface area (Å²) in [7, 11) is 0. The van der Waals surface area contributed by atoms with Crippen LogP contribution in [0.1, 0.15) is 28.1 Å². The minimum atomic E-state index is -0.0727. The summed E-state index contributed by atoms with van der Waals surface area (Å²) in [6, 6.07) is 13.6. The van der Waals surface area contributed by atoms with Crippen LogP contribution in [0.2, 0.25) is 5.15 Å². The number of pyridine rings is 1. The summed E-state index contributed by atoms with van der Waals surface area (Å²) in [6.07, 6.45) is 2.23. The maximum Gasteiger partial charge on any atom is 0.252 e. The van der Waals surface area contributed by atoms with E-state index in [0.29, 0.717) is 23.2 Å². The maximum absolute atomic E-state index is 12.7. The van der Waals surface area contributed by atoms with Crippen molar-refractivity contribution >= 4 is 39.7 Å². The number of likely N-dealkylation sites (tertiary alicyclic amines) is 1. The van der Waals surface area contributed by atoms with E-state index < -0.39 is 0 Å². The number of fused-ring (bicyclic) bond motifs is 1. The van der Waals surface area contributed by atoms with Gasteiger partial charge in [-0.2, -0.15) is 0 Å². The molecule has 27 heavy (non-hydrogen) atoms. The minimum absolute atomic E-state index is 0.0727. The standard InChI is InChI=1S/C21H22ClN3OS/c22-20-12-18(17-5-1-2-6-19(17)24-20)21(26)23-13-15-7-9-25(10-8-15)14-16-4-3-11-27-16/h1-6,11-12,15H,7-10,13-14H2,(H,23,26). The zero-order valence-electron chi connectivity index (χ0n) is 15.0. The molecule has 0 spiro atoms. The molecule has 4 rings (SSSR count). The van der Waals surface area contributed by atoms with Crippen LogP contribution in [0.15, 0.2) is 47.8 Å². The van der Waals surface area contributed by atoms with Crippen LogP contribution in [0.5, 0.6) is 0 Å². The Morgan fingerprint density at radius 3 is 2.81 bits per heavy atom. The first-order valence-electron chi connectivity index (χ1n) is 9.27. The number of nitrogens with one attached hydrogen (secondary N) is 1. The number of halogens is 1. The topological polar surface area (TPSA) is 45.2 Å². The molecule has 2 aromatic heterocycles. The first-order valence-corrected chi connectivity index (χ1v) is 10.5. The highest BCUT2D eigenvalue weighted by Gasteiger charge is 2.21. The number of carbonyl (C=O) groups is 1. The zero-order chi connectivity index (χ0) is 18.6. The Morgan fingerprint density at radius 2 is 2.04 bits per heavy atom. The molecule has 0 unspecified atom stereocenters. The van der Waals surface area contributed by atoms with Crippen LogP contribution in [0.25, 0.3) is 10.9 Å². The molecule has 1 fully saturated rings. The number of nitrogens with zero attached hydrogens (tertiary/aromatic N) is 2. The Morgan fingerprint density at radius 1 is 1.22 bits per heavy atom. The van der Waals surface area contributed by atoms with Gasteiger partial charge in [-0.15, -0.1) is 11.3 Å². The van der Waals surface area contributed by atoms with Crippen molar-refractivity contribution in [3.63, 3.8) is 0 Å². The van der Waals surface area contributed by atoms with Crippen molar-refractivity contribution in [3.05, 3.63) is 63.4 Å². The molecule has 3 aromatic rings. The van der Waals surface area contributed by atoms with Crippen LogP contribution >= 0.6 is 22.9 Å². The molecule has 0 atom stereocenters. The monoisotopic (exact) mass is 399 g/mol. The molecule has 6 heteroatoms. The molecule has 1 amide bonds. The van der Waals surface area contributed by atoms with E-state index in [1.165, 1.54) is 4.88 Å². The van der Waals surface area contributed by atoms with Crippen molar-refractivity contribution in [3.8, 4) is 0 Å². The number of rotatable bonds is 5. The number of thiophene rings is 1. The summed E-state index contributed by atoms with van der Waals surface area (Å²) in [4.78, 5) is 20.9. The van der Waals surface area contributed by atoms with E-state index in [2.05, 4.69) is 32.7 Å². The van der Waals surface area contributed by atoms with Gasteiger partial charge < -0.3 is 5.32 Å². The largest absolute Gasteiger partial charge is 0.352 e.